The molecule has 12 nitrogen and oxygen atoms in total. The molecule has 4 aromatic rings. The number of carbonyl (C=O) groups is 3. The summed E-state index contributed by atoms with van der Waals surface area (Å²) >= 11 is 11.9. The first-order valence-electron chi connectivity index (χ1n) is 16.0. The Balaban J connectivity index is 1.15. The Hall–Kier alpha value is -5.15. The molecule has 0 radical (unpaired) electrons. The number of nitrogens with zero attached hydrogens (tertiary/aromatic N) is 3. The van der Waals surface area contributed by atoms with Gasteiger partial charge in [0.05, 0.1) is 5.54 Å². The molecule has 3 amide bonds. The van der Waals surface area contributed by atoms with Gasteiger partial charge in [0.15, 0.2) is 6.61 Å². The van der Waals surface area contributed by atoms with Gasteiger partial charge >= 0.3 is 24.0 Å². The quantitative estimate of drug-likeness (QED) is 0.0951. The Morgan fingerprint density at radius 3 is 1.96 bits per heavy atom. The molecular weight excluding hydrogens is 724 g/mol. The van der Waals surface area contributed by atoms with Crippen molar-refractivity contribution in [1.29, 1.82) is 0 Å². The first kappa shape index (κ1) is 38.1. The smallest absolute Gasteiger partial charge is 0.422 e. The Kier molecular flexibility index (Phi) is 11.7. The minimum Gasteiger partial charge on any atom is -0.454 e. The van der Waals surface area contributed by atoms with Gasteiger partial charge in [0.2, 0.25) is 11.9 Å². The Morgan fingerprint density at radius 1 is 0.769 bits per heavy atom. The monoisotopic (exact) mass is 758 g/mol. The fourth-order valence-corrected chi connectivity index (χ4v) is 5.11. The van der Waals surface area contributed by atoms with E-state index in [-0.39, 0.29) is 31.5 Å². The molecule has 52 heavy (non-hydrogen) atoms. The van der Waals surface area contributed by atoms with Gasteiger partial charge in [0, 0.05) is 40.9 Å². The van der Waals surface area contributed by atoms with E-state index < -0.39 is 47.5 Å². The molecule has 0 unspecified atom stereocenters. The molecule has 1 aliphatic carbocycles. The average Bonchev–Trinajstić information content (AvgIpc) is 3.88. The Morgan fingerprint density at radius 2 is 1.35 bits per heavy atom. The van der Waals surface area contributed by atoms with E-state index in [0.29, 0.717) is 21.3 Å². The summed E-state index contributed by atoms with van der Waals surface area (Å²) in [7, 11) is 0. The van der Waals surface area contributed by atoms with Crippen LogP contribution < -0.4 is 31.3 Å². The lowest BCUT2D eigenvalue weighted by Crippen LogP contribution is -2.46. The van der Waals surface area contributed by atoms with Gasteiger partial charge in [-0.25, -0.2) is 0 Å². The number of amides is 3. The largest absolute Gasteiger partial charge is 0.454 e. The number of ether oxygens (including phenoxy) is 1. The summed E-state index contributed by atoms with van der Waals surface area (Å²) in [6.07, 6.45) is -3.13. The predicted octanol–water partition coefficient (Wildman–Crippen LogP) is 6.15. The number of halogens is 5. The lowest BCUT2D eigenvalue weighted by molar-refractivity contribution is -0.154. The molecule has 0 spiro atoms. The molecule has 3 aromatic carbocycles. The standard InChI is InChI=1S/C35H35Cl2F3N8O4/c1-33(2,19-43-29(51)28(50)41-17-21-3-9-24(36)10-4-21)18-42-27(49)22-5-13-26(14-6-22)44-30-45-31(47-32(46-30)52-20-35(38,39)40)48-34(15-16-34)23-7-11-25(37)12-8-23/h3-14H,15-20H2,1-2H3,(H,41,50)(H,42,49)(H,43,51)(H2,44,45,46,47,48). The molecule has 1 aliphatic rings. The van der Waals surface area contributed by atoms with E-state index in [4.69, 9.17) is 27.9 Å². The van der Waals surface area contributed by atoms with Gasteiger partial charge in [-0.15, -0.1) is 0 Å². The summed E-state index contributed by atoms with van der Waals surface area (Å²) in [6.45, 7) is 2.49. The van der Waals surface area contributed by atoms with Crippen LogP contribution in [0.25, 0.3) is 0 Å². The molecule has 0 aliphatic heterocycles. The van der Waals surface area contributed by atoms with E-state index in [1.165, 1.54) is 0 Å². The molecular formula is C35H35Cl2F3N8O4. The SMILES string of the molecule is CC(C)(CNC(=O)C(=O)NCc1ccc(Cl)cc1)CNC(=O)c1ccc(Nc2nc(NC3(c4ccc(Cl)cc4)CC3)nc(OCC(F)(F)F)n2)cc1. The summed E-state index contributed by atoms with van der Waals surface area (Å²) in [5.41, 5.74) is 1.33. The van der Waals surface area contributed by atoms with Crippen LogP contribution in [0.5, 0.6) is 6.01 Å². The van der Waals surface area contributed by atoms with Crippen LogP contribution >= 0.6 is 23.2 Å². The summed E-state index contributed by atoms with van der Waals surface area (Å²) in [6, 6.07) is 19.7. The van der Waals surface area contributed by atoms with Crippen LogP contribution in [0.3, 0.4) is 0 Å². The average molecular weight is 760 g/mol. The van der Waals surface area contributed by atoms with Crippen molar-refractivity contribution in [3.05, 3.63) is 99.5 Å². The van der Waals surface area contributed by atoms with Crippen LogP contribution in [0.1, 0.15) is 48.2 Å². The Bertz CT molecular complexity index is 1890. The molecule has 1 aromatic heterocycles. The molecule has 274 valence electrons. The summed E-state index contributed by atoms with van der Waals surface area (Å²) in [5, 5.41) is 15.2. The van der Waals surface area contributed by atoms with Crippen LogP contribution in [-0.4, -0.2) is 58.5 Å². The third kappa shape index (κ3) is 11.2. The van der Waals surface area contributed by atoms with Gasteiger partial charge in [-0.1, -0.05) is 61.3 Å². The van der Waals surface area contributed by atoms with Crippen molar-refractivity contribution in [1.82, 2.24) is 30.9 Å². The number of hydrogen-bond donors (Lipinski definition) is 5. The number of nitrogens with one attached hydrogen (secondary N) is 5. The molecule has 17 heteroatoms. The first-order chi connectivity index (χ1) is 24.6. The second kappa shape index (κ2) is 16.0. The maximum atomic E-state index is 12.9. The third-order valence-electron chi connectivity index (χ3n) is 7.91. The molecule has 0 bridgehead atoms. The second-order valence-electron chi connectivity index (χ2n) is 12.9. The van der Waals surface area contributed by atoms with Crippen LogP contribution in [0.2, 0.25) is 10.0 Å². The molecule has 1 heterocycles. The highest BCUT2D eigenvalue weighted by molar-refractivity contribution is 6.35. The van der Waals surface area contributed by atoms with Gasteiger partial charge < -0.3 is 31.3 Å². The number of hydrogen-bond acceptors (Lipinski definition) is 9. The zero-order valence-corrected chi connectivity index (χ0v) is 29.5. The number of carbonyl (C=O) groups excluding carboxylic acids is 3. The van der Waals surface area contributed by atoms with E-state index in [1.54, 1.807) is 60.7 Å². The van der Waals surface area contributed by atoms with Crippen molar-refractivity contribution >= 4 is 58.5 Å². The summed E-state index contributed by atoms with van der Waals surface area (Å²) in [4.78, 5) is 49.9. The first-order valence-corrected chi connectivity index (χ1v) is 16.8. The fraction of sp³-hybridized carbons (Fsp3) is 0.314. The molecule has 5 rings (SSSR count). The van der Waals surface area contributed by atoms with Crippen molar-refractivity contribution in [2.24, 2.45) is 5.41 Å². The molecule has 0 atom stereocenters. The fourth-order valence-electron chi connectivity index (χ4n) is 4.86. The maximum Gasteiger partial charge on any atom is 0.422 e. The molecule has 5 N–H and O–H groups in total. The third-order valence-corrected chi connectivity index (χ3v) is 8.41. The predicted molar refractivity (Wildman–Crippen MR) is 190 cm³/mol. The van der Waals surface area contributed by atoms with Crippen molar-refractivity contribution < 1.29 is 32.3 Å². The maximum absolute atomic E-state index is 12.9. The van der Waals surface area contributed by atoms with Gasteiger partial charge in [-0.2, -0.15) is 28.1 Å². The van der Waals surface area contributed by atoms with E-state index in [1.807, 2.05) is 26.0 Å². The number of rotatable bonds is 14. The number of anilines is 3. The van der Waals surface area contributed by atoms with Gasteiger partial charge in [-0.05, 0) is 77.9 Å². The highest BCUT2D eigenvalue weighted by Crippen LogP contribution is 2.48. The Labute approximate surface area is 307 Å². The van der Waals surface area contributed by atoms with Crippen LogP contribution in [0.15, 0.2) is 72.8 Å². The zero-order chi connectivity index (χ0) is 37.5. The minimum atomic E-state index is -4.61. The van der Waals surface area contributed by atoms with E-state index in [9.17, 15) is 27.6 Å². The van der Waals surface area contributed by atoms with Crippen molar-refractivity contribution in [2.75, 3.05) is 30.3 Å². The van der Waals surface area contributed by atoms with Crippen molar-refractivity contribution in [3.63, 3.8) is 0 Å². The lowest BCUT2D eigenvalue weighted by Gasteiger charge is -2.25. The van der Waals surface area contributed by atoms with Crippen molar-refractivity contribution in [3.8, 4) is 6.01 Å². The van der Waals surface area contributed by atoms with E-state index in [2.05, 4.69) is 41.5 Å². The lowest BCUT2D eigenvalue weighted by atomic mass is 9.93. The zero-order valence-electron chi connectivity index (χ0n) is 28.0. The number of alkyl halides is 3. The van der Waals surface area contributed by atoms with Gasteiger partial charge in [0.1, 0.15) is 0 Å². The summed E-state index contributed by atoms with van der Waals surface area (Å²) < 4.78 is 43.6. The summed E-state index contributed by atoms with van der Waals surface area (Å²) in [5.74, 6) is -2.05. The highest BCUT2D eigenvalue weighted by atomic mass is 35.5. The minimum absolute atomic E-state index is 0.00972. The topological polar surface area (TPSA) is 159 Å². The van der Waals surface area contributed by atoms with E-state index >= 15 is 0 Å². The second-order valence-corrected chi connectivity index (χ2v) is 13.8. The number of benzene rings is 3. The van der Waals surface area contributed by atoms with Crippen molar-refractivity contribution in [2.45, 2.75) is 44.9 Å². The molecule has 0 saturated heterocycles. The number of aromatic nitrogens is 3. The van der Waals surface area contributed by atoms with Crippen LogP contribution in [0, 0.1) is 5.41 Å². The molecule has 1 saturated carbocycles. The van der Waals surface area contributed by atoms with Gasteiger partial charge in [-0.3, -0.25) is 14.4 Å². The van der Waals surface area contributed by atoms with Gasteiger partial charge in [0.25, 0.3) is 5.91 Å². The van der Waals surface area contributed by atoms with Crippen LogP contribution in [0.4, 0.5) is 30.8 Å². The molecule has 1 fully saturated rings. The van der Waals surface area contributed by atoms with E-state index in [0.717, 1.165) is 24.0 Å². The highest BCUT2D eigenvalue weighted by Gasteiger charge is 2.45. The normalized spacial score (nSPS) is 13.4. The van der Waals surface area contributed by atoms with Crippen LogP contribution in [-0.2, 0) is 21.7 Å².